The maximum Gasteiger partial charge on any atom is 0.338 e. The van der Waals surface area contributed by atoms with E-state index in [1.54, 1.807) is 24.3 Å². The number of ether oxygens (including phenoxy) is 1. The van der Waals surface area contributed by atoms with E-state index in [0.29, 0.717) is 28.0 Å². The van der Waals surface area contributed by atoms with Crippen LogP contribution in [0.25, 0.3) is 22.4 Å². The zero-order valence-corrected chi connectivity index (χ0v) is 21.9. The van der Waals surface area contributed by atoms with Crippen molar-refractivity contribution >= 4 is 34.5 Å². The number of esters is 1. The lowest BCUT2D eigenvalue weighted by Crippen LogP contribution is -2.43. The first-order valence-corrected chi connectivity index (χ1v) is 13.7. The molecule has 2 saturated carbocycles. The third-order valence-electron chi connectivity index (χ3n) is 7.90. The van der Waals surface area contributed by atoms with Crippen molar-refractivity contribution in [2.75, 3.05) is 7.11 Å². The van der Waals surface area contributed by atoms with E-state index in [1.807, 2.05) is 10.6 Å². The summed E-state index contributed by atoms with van der Waals surface area (Å²) in [4.78, 5) is 31.6. The molecule has 196 valence electrons. The van der Waals surface area contributed by atoms with Gasteiger partial charge >= 0.3 is 5.97 Å². The summed E-state index contributed by atoms with van der Waals surface area (Å²) in [5.74, 6) is -0.600. The molecule has 1 atom stereocenters. The highest BCUT2D eigenvalue weighted by atomic mass is 35.5. The number of fused-ring (bicyclic) bond motifs is 1. The fraction of sp³-hybridized carbons (Fsp3) is 0.483. The molecule has 0 radical (unpaired) electrons. The van der Waals surface area contributed by atoms with Crippen LogP contribution < -0.4 is 5.32 Å². The number of hydrogen-bond acceptors (Lipinski definition) is 4. The molecule has 1 amide bonds. The SMILES string of the molecule is COC(=O)c1ccccc1-c1nc2cc(F)c(Cl)cc2n1C(C(=O)NC1CCCCC1)C1CCCCC1. The molecule has 2 aliphatic carbocycles. The highest BCUT2D eigenvalue weighted by Crippen LogP contribution is 2.40. The molecule has 2 fully saturated rings. The predicted molar refractivity (Wildman–Crippen MR) is 142 cm³/mol. The van der Waals surface area contributed by atoms with Crippen LogP contribution in [0.4, 0.5) is 4.39 Å². The van der Waals surface area contributed by atoms with Gasteiger partial charge in [0.05, 0.1) is 28.7 Å². The van der Waals surface area contributed by atoms with Crippen LogP contribution in [0.5, 0.6) is 0 Å². The van der Waals surface area contributed by atoms with E-state index in [-0.39, 0.29) is 22.9 Å². The third kappa shape index (κ3) is 5.24. The van der Waals surface area contributed by atoms with E-state index in [9.17, 15) is 14.0 Å². The molecular formula is C29H33ClFN3O3. The summed E-state index contributed by atoms with van der Waals surface area (Å²) in [6.45, 7) is 0. The minimum atomic E-state index is -0.576. The summed E-state index contributed by atoms with van der Waals surface area (Å²) < 4.78 is 21.5. The molecule has 1 unspecified atom stereocenters. The Labute approximate surface area is 221 Å². The molecule has 0 spiro atoms. The Hall–Kier alpha value is -2.93. The molecule has 2 aromatic carbocycles. The van der Waals surface area contributed by atoms with Crippen LogP contribution in [0, 0.1) is 11.7 Å². The van der Waals surface area contributed by atoms with Gasteiger partial charge in [-0.25, -0.2) is 14.2 Å². The Morgan fingerprint density at radius 1 is 1.05 bits per heavy atom. The summed E-state index contributed by atoms with van der Waals surface area (Å²) in [5, 5.41) is 3.31. The number of benzene rings is 2. The number of amides is 1. The van der Waals surface area contributed by atoms with Gasteiger partial charge in [-0.3, -0.25) is 4.79 Å². The molecule has 1 N–H and O–H groups in total. The molecular weight excluding hydrogens is 493 g/mol. The van der Waals surface area contributed by atoms with Crippen LogP contribution in [0.2, 0.25) is 5.02 Å². The lowest BCUT2D eigenvalue weighted by Gasteiger charge is -2.34. The van der Waals surface area contributed by atoms with Crippen LogP contribution in [-0.2, 0) is 9.53 Å². The minimum absolute atomic E-state index is 0.0310. The molecule has 8 heteroatoms. The van der Waals surface area contributed by atoms with Crippen molar-refractivity contribution in [1.29, 1.82) is 0 Å². The molecule has 3 aromatic rings. The van der Waals surface area contributed by atoms with Crippen LogP contribution in [0.1, 0.15) is 80.6 Å². The Balaban J connectivity index is 1.71. The summed E-state index contributed by atoms with van der Waals surface area (Å²) in [6.07, 6.45) is 10.4. The average molecular weight is 526 g/mol. The van der Waals surface area contributed by atoms with Crippen LogP contribution >= 0.6 is 11.6 Å². The van der Waals surface area contributed by atoms with Gasteiger partial charge in [0, 0.05) is 17.7 Å². The van der Waals surface area contributed by atoms with E-state index < -0.39 is 17.8 Å². The third-order valence-corrected chi connectivity index (χ3v) is 8.19. The number of nitrogens with one attached hydrogen (secondary N) is 1. The van der Waals surface area contributed by atoms with Gasteiger partial charge in [0.2, 0.25) is 5.91 Å². The maximum atomic E-state index is 14.5. The van der Waals surface area contributed by atoms with Crippen LogP contribution in [0.15, 0.2) is 36.4 Å². The summed E-state index contributed by atoms with van der Waals surface area (Å²) in [7, 11) is 1.33. The van der Waals surface area contributed by atoms with Gasteiger partial charge in [0.25, 0.3) is 0 Å². The Bertz CT molecular complexity index is 1300. The fourth-order valence-corrected chi connectivity index (χ4v) is 6.21. The number of aromatic nitrogens is 2. The van der Waals surface area contributed by atoms with E-state index in [4.69, 9.17) is 21.3 Å². The van der Waals surface area contributed by atoms with E-state index in [2.05, 4.69) is 5.32 Å². The number of carbonyl (C=O) groups is 2. The van der Waals surface area contributed by atoms with Crippen molar-refractivity contribution in [3.63, 3.8) is 0 Å². The first kappa shape index (κ1) is 25.7. The monoisotopic (exact) mass is 525 g/mol. The summed E-state index contributed by atoms with van der Waals surface area (Å²) in [5.41, 5.74) is 1.84. The normalized spacial score (nSPS) is 18.0. The van der Waals surface area contributed by atoms with Gasteiger partial charge < -0.3 is 14.6 Å². The zero-order valence-electron chi connectivity index (χ0n) is 21.1. The molecule has 5 rings (SSSR count). The van der Waals surface area contributed by atoms with Gasteiger partial charge in [-0.05, 0) is 43.7 Å². The number of nitrogens with zero attached hydrogens (tertiary/aromatic N) is 2. The summed E-state index contributed by atoms with van der Waals surface area (Å²) >= 11 is 6.25. The van der Waals surface area contributed by atoms with Crippen molar-refractivity contribution in [1.82, 2.24) is 14.9 Å². The number of methoxy groups -OCH3 is 1. The van der Waals surface area contributed by atoms with E-state index >= 15 is 0 Å². The summed E-state index contributed by atoms with van der Waals surface area (Å²) in [6, 6.07) is 9.48. The molecule has 37 heavy (non-hydrogen) atoms. The van der Waals surface area contributed by atoms with E-state index in [0.717, 1.165) is 57.8 Å². The highest BCUT2D eigenvalue weighted by Gasteiger charge is 2.36. The number of halogens is 2. The average Bonchev–Trinajstić information content (AvgIpc) is 3.27. The number of carbonyl (C=O) groups excluding carboxylic acids is 2. The van der Waals surface area contributed by atoms with Gasteiger partial charge in [-0.1, -0.05) is 68.3 Å². The standard InChI is InChI=1S/C29H33ClFN3O3/c1-37-29(36)21-15-9-8-14-20(21)27-33-24-17-23(31)22(30)16-25(24)34(27)26(18-10-4-2-5-11-18)28(35)32-19-12-6-3-7-13-19/h8-9,14-19,26H,2-7,10-13H2,1H3,(H,32,35). The smallest absolute Gasteiger partial charge is 0.338 e. The van der Waals surface area contributed by atoms with Crippen molar-refractivity contribution < 1.29 is 18.7 Å². The highest BCUT2D eigenvalue weighted by molar-refractivity contribution is 6.31. The largest absolute Gasteiger partial charge is 0.465 e. The van der Waals surface area contributed by atoms with Gasteiger partial charge in [0.1, 0.15) is 17.7 Å². The maximum absolute atomic E-state index is 14.5. The first-order chi connectivity index (χ1) is 18.0. The zero-order chi connectivity index (χ0) is 25.9. The number of hydrogen-bond donors (Lipinski definition) is 1. The molecule has 1 aromatic heterocycles. The van der Waals surface area contributed by atoms with Gasteiger partial charge in [0.15, 0.2) is 0 Å². The molecule has 2 aliphatic rings. The second kappa shape index (κ2) is 11.2. The first-order valence-electron chi connectivity index (χ1n) is 13.3. The Morgan fingerprint density at radius 3 is 2.43 bits per heavy atom. The molecule has 0 bridgehead atoms. The van der Waals surface area contributed by atoms with Crippen molar-refractivity contribution in [2.24, 2.45) is 5.92 Å². The Kier molecular flexibility index (Phi) is 7.79. The second-order valence-corrected chi connectivity index (χ2v) is 10.7. The lowest BCUT2D eigenvalue weighted by atomic mass is 9.82. The van der Waals surface area contributed by atoms with Gasteiger partial charge in [-0.15, -0.1) is 0 Å². The van der Waals surface area contributed by atoms with Crippen molar-refractivity contribution in [3.05, 3.63) is 52.8 Å². The van der Waals surface area contributed by atoms with E-state index in [1.165, 1.54) is 19.6 Å². The minimum Gasteiger partial charge on any atom is -0.465 e. The number of rotatable bonds is 6. The van der Waals surface area contributed by atoms with Crippen LogP contribution in [-0.4, -0.2) is 34.6 Å². The molecule has 0 aliphatic heterocycles. The second-order valence-electron chi connectivity index (χ2n) is 10.3. The van der Waals surface area contributed by atoms with Gasteiger partial charge in [-0.2, -0.15) is 0 Å². The van der Waals surface area contributed by atoms with Crippen molar-refractivity contribution in [3.8, 4) is 11.4 Å². The van der Waals surface area contributed by atoms with Crippen molar-refractivity contribution in [2.45, 2.75) is 76.3 Å². The van der Waals surface area contributed by atoms with Crippen LogP contribution in [0.3, 0.4) is 0 Å². The Morgan fingerprint density at radius 2 is 1.73 bits per heavy atom. The molecule has 1 heterocycles. The topological polar surface area (TPSA) is 73.2 Å². The lowest BCUT2D eigenvalue weighted by molar-refractivity contribution is -0.127. The number of imidazole rings is 1. The quantitative estimate of drug-likeness (QED) is 0.357. The fourth-order valence-electron chi connectivity index (χ4n) is 6.05. The molecule has 6 nitrogen and oxygen atoms in total. The predicted octanol–water partition coefficient (Wildman–Crippen LogP) is 6.85. The molecule has 0 saturated heterocycles.